The topological polar surface area (TPSA) is 85.0 Å². The number of aromatic nitrogens is 1. The summed E-state index contributed by atoms with van der Waals surface area (Å²) in [5, 5.41) is 22.1. The minimum absolute atomic E-state index is 0.146. The van der Waals surface area contributed by atoms with Crippen LogP contribution >= 0.6 is 0 Å². The molecule has 0 saturated carbocycles. The second-order valence-corrected chi connectivity index (χ2v) is 5.30. The second kappa shape index (κ2) is 5.69. The molecule has 0 spiro atoms. The maximum atomic E-state index is 9.50. The van der Waals surface area contributed by atoms with Gasteiger partial charge in [-0.1, -0.05) is 6.92 Å². The maximum Gasteiger partial charge on any atom is 0.147 e. The smallest absolute Gasteiger partial charge is 0.147 e. The Morgan fingerprint density at radius 3 is 2.95 bits per heavy atom. The molecule has 3 heterocycles. The number of pyridine rings is 1. The van der Waals surface area contributed by atoms with Gasteiger partial charge in [0.1, 0.15) is 18.0 Å². The molecule has 1 aromatic rings. The fraction of sp³-hybridized carbons (Fsp3) is 0.533. The van der Waals surface area contributed by atoms with Crippen LogP contribution in [0.4, 0.5) is 5.82 Å². The van der Waals surface area contributed by atoms with Crippen molar-refractivity contribution in [2.45, 2.75) is 25.5 Å². The number of nitriles is 2. The molecule has 6 heteroatoms. The predicted octanol–water partition coefficient (Wildman–Crippen LogP) is 0.564. The number of hydrogen-bond acceptors (Lipinski definition) is 6. The van der Waals surface area contributed by atoms with E-state index in [4.69, 9.17) is 10.00 Å². The lowest BCUT2D eigenvalue weighted by Crippen LogP contribution is -2.47. The third-order valence-corrected chi connectivity index (χ3v) is 4.16. The molecular weight excluding hydrogens is 266 g/mol. The number of anilines is 1. The van der Waals surface area contributed by atoms with Gasteiger partial charge in [-0.05, 0) is 12.0 Å². The van der Waals surface area contributed by atoms with Gasteiger partial charge in [0.05, 0.1) is 29.9 Å². The summed E-state index contributed by atoms with van der Waals surface area (Å²) in [4.78, 5) is 6.46. The summed E-state index contributed by atoms with van der Waals surface area (Å²) < 4.78 is 5.76. The minimum atomic E-state index is 0.146. The van der Waals surface area contributed by atoms with Crippen molar-refractivity contribution in [2.24, 2.45) is 0 Å². The summed E-state index contributed by atoms with van der Waals surface area (Å²) >= 11 is 0. The summed E-state index contributed by atoms with van der Waals surface area (Å²) in [6.45, 7) is 5.05. The molecular formula is C15H17N5O. The molecule has 2 unspecified atom stereocenters. The Morgan fingerprint density at radius 1 is 1.43 bits per heavy atom. The normalized spacial score (nSPS) is 24.2. The molecule has 2 fully saturated rings. The van der Waals surface area contributed by atoms with Crippen molar-refractivity contribution in [3.05, 3.63) is 22.9 Å². The van der Waals surface area contributed by atoms with Crippen LogP contribution in [0.5, 0.6) is 0 Å². The Balaban J connectivity index is 1.96. The van der Waals surface area contributed by atoms with Crippen molar-refractivity contribution in [3.63, 3.8) is 0 Å². The average Bonchev–Trinajstić information content (AvgIpc) is 2.96. The molecule has 21 heavy (non-hydrogen) atoms. The lowest BCUT2D eigenvalue weighted by molar-refractivity contribution is 0.0212. The van der Waals surface area contributed by atoms with E-state index in [2.05, 4.69) is 27.3 Å². The van der Waals surface area contributed by atoms with Gasteiger partial charge < -0.3 is 15.0 Å². The van der Waals surface area contributed by atoms with E-state index >= 15 is 0 Å². The first-order valence-corrected chi connectivity index (χ1v) is 7.20. The summed E-state index contributed by atoms with van der Waals surface area (Å²) in [6.07, 6.45) is 2.37. The molecule has 1 aromatic heterocycles. The van der Waals surface area contributed by atoms with E-state index in [1.54, 1.807) is 6.20 Å². The summed E-state index contributed by atoms with van der Waals surface area (Å²) in [5.74, 6) is 0.674. The zero-order chi connectivity index (χ0) is 14.8. The molecule has 2 aliphatic heterocycles. The molecule has 0 bridgehead atoms. The highest BCUT2D eigenvalue weighted by Gasteiger charge is 2.37. The highest BCUT2D eigenvalue weighted by Crippen LogP contribution is 2.28. The van der Waals surface area contributed by atoms with Gasteiger partial charge in [-0.15, -0.1) is 0 Å². The molecule has 3 rings (SSSR count). The van der Waals surface area contributed by atoms with Crippen LogP contribution < -0.4 is 10.2 Å². The van der Waals surface area contributed by atoms with E-state index in [1.165, 1.54) is 0 Å². The monoisotopic (exact) mass is 283 g/mol. The number of ether oxygens (including phenoxy) is 1. The van der Waals surface area contributed by atoms with E-state index in [9.17, 15) is 5.26 Å². The summed E-state index contributed by atoms with van der Waals surface area (Å²) in [7, 11) is 0. The van der Waals surface area contributed by atoms with Crippen molar-refractivity contribution in [1.29, 1.82) is 10.5 Å². The van der Waals surface area contributed by atoms with Gasteiger partial charge in [0.15, 0.2) is 0 Å². The summed E-state index contributed by atoms with van der Waals surface area (Å²) in [6, 6.07) is 4.64. The lowest BCUT2D eigenvalue weighted by Gasteiger charge is -2.25. The molecule has 0 amide bonds. The average molecular weight is 283 g/mol. The van der Waals surface area contributed by atoms with Gasteiger partial charge in [0.25, 0.3) is 0 Å². The molecule has 0 radical (unpaired) electrons. The molecule has 2 saturated heterocycles. The molecule has 0 aromatic carbocycles. The van der Waals surface area contributed by atoms with Crippen LogP contribution in [0.25, 0.3) is 0 Å². The van der Waals surface area contributed by atoms with E-state index < -0.39 is 0 Å². The number of nitrogens with zero attached hydrogens (tertiary/aromatic N) is 4. The Bertz CT molecular complexity index is 616. The first kappa shape index (κ1) is 13.8. The molecule has 1 N–H and O–H groups in total. The Hall–Kier alpha value is -2.15. The predicted molar refractivity (Wildman–Crippen MR) is 76.8 cm³/mol. The zero-order valence-corrected chi connectivity index (χ0v) is 12.0. The van der Waals surface area contributed by atoms with Crippen molar-refractivity contribution < 1.29 is 4.74 Å². The van der Waals surface area contributed by atoms with Crippen LogP contribution in [0.15, 0.2) is 6.20 Å². The van der Waals surface area contributed by atoms with Gasteiger partial charge in [-0.3, -0.25) is 0 Å². The van der Waals surface area contributed by atoms with Crippen molar-refractivity contribution >= 4 is 5.82 Å². The molecule has 0 aliphatic carbocycles. The molecule has 108 valence electrons. The highest BCUT2D eigenvalue weighted by molar-refractivity contribution is 5.62. The lowest BCUT2D eigenvalue weighted by atomic mass is 10.0. The highest BCUT2D eigenvalue weighted by atomic mass is 16.5. The standard InChI is InChI=1S/C15H17N5O/c1-2-11-10(5-16)7-19-15(12(11)6-17)20-8-13-14(9-20)21-4-3-18-13/h7,13-14,18H,2-4,8-9H2,1H3. The third kappa shape index (κ3) is 2.33. The van der Waals surface area contributed by atoms with Crippen LogP contribution in [0.1, 0.15) is 23.6 Å². The number of nitrogens with one attached hydrogen (secondary N) is 1. The van der Waals surface area contributed by atoms with E-state index in [1.807, 2.05) is 6.92 Å². The van der Waals surface area contributed by atoms with Crippen LogP contribution in [0, 0.1) is 22.7 Å². The van der Waals surface area contributed by atoms with Gasteiger partial charge in [-0.25, -0.2) is 4.98 Å². The van der Waals surface area contributed by atoms with Gasteiger partial charge in [-0.2, -0.15) is 10.5 Å². The quantitative estimate of drug-likeness (QED) is 0.854. The Labute approximate surface area is 123 Å². The number of rotatable bonds is 2. The Morgan fingerprint density at radius 2 is 2.29 bits per heavy atom. The van der Waals surface area contributed by atoms with E-state index in [0.717, 1.165) is 31.8 Å². The van der Waals surface area contributed by atoms with Crippen molar-refractivity contribution in [3.8, 4) is 12.1 Å². The first-order valence-electron chi connectivity index (χ1n) is 7.20. The second-order valence-electron chi connectivity index (χ2n) is 5.30. The number of morpholine rings is 1. The van der Waals surface area contributed by atoms with Gasteiger partial charge in [0.2, 0.25) is 0 Å². The number of fused-ring (bicyclic) bond motifs is 1. The van der Waals surface area contributed by atoms with Gasteiger partial charge in [0, 0.05) is 25.8 Å². The van der Waals surface area contributed by atoms with Crippen LogP contribution in [-0.4, -0.2) is 43.4 Å². The maximum absolute atomic E-state index is 9.50. The zero-order valence-electron chi connectivity index (χ0n) is 12.0. The van der Waals surface area contributed by atoms with E-state index in [0.29, 0.717) is 23.4 Å². The fourth-order valence-corrected chi connectivity index (χ4v) is 3.13. The third-order valence-electron chi connectivity index (χ3n) is 4.16. The first-order chi connectivity index (χ1) is 10.3. The number of hydrogen-bond donors (Lipinski definition) is 1. The molecule has 2 atom stereocenters. The fourth-order valence-electron chi connectivity index (χ4n) is 3.13. The molecule has 2 aliphatic rings. The minimum Gasteiger partial charge on any atom is -0.373 e. The van der Waals surface area contributed by atoms with Crippen molar-refractivity contribution in [2.75, 3.05) is 31.1 Å². The van der Waals surface area contributed by atoms with Crippen molar-refractivity contribution in [1.82, 2.24) is 10.3 Å². The van der Waals surface area contributed by atoms with Crippen LogP contribution in [0.3, 0.4) is 0 Å². The SMILES string of the molecule is CCc1c(C#N)cnc(N2CC3NCCOC3C2)c1C#N. The largest absolute Gasteiger partial charge is 0.373 e. The van der Waals surface area contributed by atoms with Crippen LogP contribution in [-0.2, 0) is 11.2 Å². The summed E-state index contributed by atoms with van der Waals surface area (Å²) in [5.41, 5.74) is 1.80. The van der Waals surface area contributed by atoms with E-state index in [-0.39, 0.29) is 12.1 Å². The van der Waals surface area contributed by atoms with Gasteiger partial charge >= 0.3 is 0 Å². The molecule has 6 nitrogen and oxygen atoms in total. The van der Waals surface area contributed by atoms with Crippen LogP contribution in [0.2, 0.25) is 0 Å². The Kier molecular flexibility index (Phi) is 3.74.